The van der Waals surface area contributed by atoms with E-state index in [1.807, 2.05) is 0 Å². The molecule has 1 aromatic rings. The number of hydrogen-bond donors (Lipinski definition) is 1. The van der Waals surface area contributed by atoms with Gasteiger partial charge in [-0.15, -0.1) is 13.2 Å². The summed E-state index contributed by atoms with van der Waals surface area (Å²) in [5.41, 5.74) is 0.170. The summed E-state index contributed by atoms with van der Waals surface area (Å²) < 4.78 is 44.7. The first-order chi connectivity index (χ1) is 8.23. The van der Waals surface area contributed by atoms with Gasteiger partial charge in [-0.3, -0.25) is 4.79 Å². The number of nitrogens with zero attached hydrogens (tertiary/aromatic N) is 1. The van der Waals surface area contributed by atoms with E-state index in [-0.39, 0.29) is 15.0 Å². The second kappa shape index (κ2) is 5.59. The van der Waals surface area contributed by atoms with Crippen molar-refractivity contribution in [1.82, 2.24) is 4.98 Å². The normalized spacial score (nSPS) is 11.2. The van der Waals surface area contributed by atoms with E-state index < -0.39 is 24.6 Å². The van der Waals surface area contributed by atoms with Crippen molar-refractivity contribution in [2.45, 2.75) is 12.8 Å². The van der Waals surface area contributed by atoms with Gasteiger partial charge in [0.15, 0.2) is 0 Å². The van der Waals surface area contributed by atoms with Gasteiger partial charge in [0.1, 0.15) is 0 Å². The van der Waals surface area contributed by atoms with Crippen molar-refractivity contribution in [3.63, 3.8) is 0 Å². The van der Waals surface area contributed by atoms with Gasteiger partial charge in [0.2, 0.25) is 11.8 Å². The third-order valence-electron chi connectivity index (χ3n) is 1.73. The molecule has 0 saturated carbocycles. The standard InChI is InChI=1S/C9H7F3INO4/c1-17-7-4(3-6(15)16)2-5(13)8(14-7)18-9(10,11)12/h2H,3H2,1H3,(H,15,16). The Bertz CT molecular complexity index is 464. The lowest BCUT2D eigenvalue weighted by atomic mass is 10.2. The average molecular weight is 377 g/mol. The van der Waals surface area contributed by atoms with Gasteiger partial charge in [0.25, 0.3) is 0 Å². The molecule has 0 spiro atoms. The number of halogens is 4. The molecule has 0 aliphatic heterocycles. The van der Waals surface area contributed by atoms with Gasteiger partial charge in [0, 0.05) is 5.56 Å². The molecule has 0 bridgehead atoms. The van der Waals surface area contributed by atoms with Crippen LogP contribution in [0.5, 0.6) is 11.8 Å². The molecule has 0 fully saturated rings. The molecule has 5 nitrogen and oxygen atoms in total. The number of carboxylic acid groups (broad SMARTS) is 1. The number of aliphatic carboxylic acids is 1. The molecule has 0 saturated heterocycles. The van der Waals surface area contributed by atoms with Crippen LogP contribution in [0.2, 0.25) is 0 Å². The van der Waals surface area contributed by atoms with Gasteiger partial charge in [-0.25, -0.2) is 0 Å². The highest BCUT2D eigenvalue weighted by Gasteiger charge is 2.33. The maximum Gasteiger partial charge on any atom is 0.574 e. The Hall–Kier alpha value is -1.26. The zero-order valence-corrected chi connectivity index (χ0v) is 11.1. The number of methoxy groups -OCH3 is 1. The molecule has 1 aromatic heterocycles. The lowest BCUT2D eigenvalue weighted by molar-refractivity contribution is -0.276. The second-order valence-corrected chi connectivity index (χ2v) is 4.22. The van der Waals surface area contributed by atoms with Crippen molar-refractivity contribution >= 4 is 28.6 Å². The number of ether oxygens (including phenoxy) is 2. The topological polar surface area (TPSA) is 68.7 Å². The van der Waals surface area contributed by atoms with Crippen molar-refractivity contribution in [2.75, 3.05) is 7.11 Å². The number of hydrogen-bond acceptors (Lipinski definition) is 4. The highest BCUT2D eigenvalue weighted by atomic mass is 127. The van der Waals surface area contributed by atoms with Crippen molar-refractivity contribution in [1.29, 1.82) is 0 Å². The molecule has 0 aliphatic carbocycles. The number of carbonyl (C=O) groups is 1. The lowest BCUT2D eigenvalue weighted by Gasteiger charge is -2.12. The van der Waals surface area contributed by atoms with Crippen molar-refractivity contribution in [2.24, 2.45) is 0 Å². The largest absolute Gasteiger partial charge is 0.574 e. The van der Waals surface area contributed by atoms with Crippen LogP contribution in [0.4, 0.5) is 13.2 Å². The Kier molecular flexibility index (Phi) is 4.59. The van der Waals surface area contributed by atoms with Crippen LogP contribution < -0.4 is 9.47 Å². The van der Waals surface area contributed by atoms with Crippen LogP contribution in [-0.4, -0.2) is 29.5 Å². The fourth-order valence-corrected chi connectivity index (χ4v) is 1.75. The minimum atomic E-state index is -4.87. The molecular formula is C9H7F3INO4. The Labute approximate surface area is 113 Å². The fraction of sp³-hybridized carbons (Fsp3) is 0.333. The lowest BCUT2D eigenvalue weighted by Crippen LogP contribution is -2.19. The molecule has 9 heteroatoms. The van der Waals surface area contributed by atoms with Crippen LogP contribution in [0.1, 0.15) is 5.56 Å². The SMILES string of the molecule is COc1nc(OC(F)(F)F)c(I)cc1CC(=O)O. The van der Waals surface area contributed by atoms with Crippen LogP contribution >= 0.6 is 22.6 Å². The van der Waals surface area contributed by atoms with Crippen LogP contribution in [0.3, 0.4) is 0 Å². The van der Waals surface area contributed by atoms with Gasteiger partial charge < -0.3 is 14.6 Å². The summed E-state index contributed by atoms with van der Waals surface area (Å²) in [6.45, 7) is 0. The van der Waals surface area contributed by atoms with E-state index in [0.717, 1.165) is 0 Å². The Morgan fingerprint density at radius 3 is 2.56 bits per heavy atom. The Balaban J connectivity index is 3.13. The molecule has 0 radical (unpaired) electrons. The van der Waals surface area contributed by atoms with Gasteiger partial charge in [-0.05, 0) is 28.7 Å². The van der Waals surface area contributed by atoms with E-state index in [1.165, 1.54) is 13.2 Å². The molecule has 0 aromatic carbocycles. The number of pyridine rings is 1. The summed E-state index contributed by atoms with van der Waals surface area (Å²) in [5.74, 6) is -2.03. The van der Waals surface area contributed by atoms with E-state index in [2.05, 4.69) is 9.72 Å². The second-order valence-electron chi connectivity index (χ2n) is 3.06. The fourth-order valence-electron chi connectivity index (χ4n) is 1.14. The summed E-state index contributed by atoms with van der Waals surface area (Å²) >= 11 is 1.57. The summed E-state index contributed by atoms with van der Waals surface area (Å²) in [6, 6.07) is 1.22. The van der Waals surface area contributed by atoms with E-state index in [9.17, 15) is 18.0 Å². The highest BCUT2D eigenvalue weighted by Crippen LogP contribution is 2.30. The average Bonchev–Trinajstić information content (AvgIpc) is 2.19. The van der Waals surface area contributed by atoms with E-state index in [0.29, 0.717) is 0 Å². The van der Waals surface area contributed by atoms with Crippen LogP contribution in [0.15, 0.2) is 6.07 Å². The molecule has 0 unspecified atom stereocenters. The maximum atomic E-state index is 12.1. The molecule has 18 heavy (non-hydrogen) atoms. The minimum absolute atomic E-state index is 0.0435. The molecule has 100 valence electrons. The van der Waals surface area contributed by atoms with Gasteiger partial charge in [-0.2, -0.15) is 4.98 Å². The summed E-state index contributed by atoms with van der Waals surface area (Å²) in [4.78, 5) is 14.1. The van der Waals surface area contributed by atoms with Gasteiger partial charge >= 0.3 is 12.3 Å². The number of aromatic nitrogens is 1. The highest BCUT2D eigenvalue weighted by molar-refractivity contribution is 14.1. The van der Waals surface area contributed by atoms with Crippen LogP contribution in [0.25, 0.3) is 0 Å². The molecule has 0 aliphatic rings. The zero-order chi connectivity index (χ0) is 13.9. The summed E-state index contributed by atoms with van der Waals surface area (Å²) in [6.07, 6.45) is -5.27. The van der Waals surface area contributed by atoms with Gasteiger partial charge in [-0.1, -0.05) is 0 Å². The minimum Gasteiger partial charge on any atom is -0.481 e. The van der Waals surface area contributed by atoms with E-state index >= 15 is 0 Å². The van der Waals surface area contributed by atoms with E-state index in [4.69, 9.17) is 9.84 Å². The van der Waals surface area contributed by atoms with E-state index in [1.54, 1.807) is 22.6 Å². The van der Waals surface area contributed by atoms with Crippen molar-refractivity contribution < 1.29 is 32.5 Å². The molecule has 1 heterocycles. The first-order valence-electron chi connectivity index (χ1n) is 4.44. The molecule has 0 amide bonds. The smallest absolute Gasteiger partial charge is 0.481 e. The van der Waals surface area contributed by atoms with Crippen LogP contribution in [0, 0.1) is 3.57 Å². The number of carboxylic acids is 1. The first-order valence-corrected chi connectivity index (χ1v) is 5.51. The maximum absolute atomic E-state index is 12.1. The van der Waals surface area contributed by atoms with Gasteiger partial charge in [0.05, 0.1) is 17.1 Å². The molecule has 1 rings (SSSR count). The predicted molar refractivity (Wildman–Crippen MR) is 61.5 cm³/mol. The monoisotopic (exact) mass is 377 g/mol. The molecule has 1 N–H and O–H groups in total. The summed E-state index contributed by atoms with van der Waals surface area (Å²) in [7, 11) is 1.18. The first kappa shape index (κ1) is 14.8. The third-order valence-corrected chi connectivity index (χ3v) is 2.50. The zero-order valence-electron chi connectivity index (χ0n) is 8.92. The quantitative estimate of drug-likeness (QED) is 0.816. The van der Waals surface area contributed by atoms with Crippen LogP contribution in [-0.2, 0) is 11.2 Å². The summed E-state index contributed by atoms with van der Waals surface area (Å²) in [5, 5.41) is 8.64. The Morgan fingerprint density at radius 1 is 1.50 bits per heavy atom. The molecule has 0 atom stereocenters. The third kappa shape index (κ3) is 4.20. The molecular weight excluding hydrogens is 370 g/mol. The number of rotatable bonds is 4. The van der Waals surface area contributed by atoms with Crippen molar-refractivity contribution in [3.8, 4) is 11.8 Å². The number of alkyl halides is 3. The predicted octanol–water partition coefficient (Wildman–Crippen LogP) is 2.22. The van der Waals surface area contributed by atoms with Crippen molar-refractivity contribution in [3.05, 3.63) is 15.2 Å². The Morgan fingerprint density at radius 2 is 2.11 bits per heavy atom.